The Balaban J connectivity index is 1.98. The minimum absolute atomic E-state index is 0.203. The highest BCUT2D eigenvalue weighted by atomic mass is 32.2. The summed E-state index contributed by atoms with van der Waals surface area (Å²) in [5.74, 6) is 0.510. The van der Waals surface area contributed by atoms with E-state index in [1.165, 1.54) is 12.1 Å². The van der Waals surface area contributed by atoms with E-state index >= 15 is 0 Å². The van der Waals surface area contributed by atoms with E-state index in [0.29, 0.717) is 50.2 Å². The number of hydrogen-bond donors (Lipinski definition) is 1. The second-order valence-electron chi connectivity index (χ2n) is 7.10. The smallest absolute Gasteiger partial charge is 0.251 e. The van der Waals surface area contributed by atoms with Gasteiger partial charge in [0.25, 0.3) is 5.91 Å². The Hall–Kier alpha value is -1.44. The minimum atomic E-state index is -3.51. The van der Waals surface area contributed by atoms with Gasteiger partial charge in [-0.25, -0.2) is 8.42 Å². The molecule has 1 amide bonds. The molecule has 2 unspecified atom stereocenters. The second kappa shape index (κ2) is 9.48. The molecule has 2 atom stereocenters. The van der Waals surface area contributed by atoms with Crippen LogP contribution in [0.5, 0.6) is 0 Å². The van der Waals surface area contributed by atoms with Crippen molar-refractivity contribution in [3.8, 4) is 0 Å². The third-order valence-electron chi connectivity index (χ3n) is 4.54. The molecule has 1 aromatic carbocycles. The minimum Gasteiger partial charge on any atom is -0.382 e. The highest BCUT2D eigenvalue weighted by molar-refractivity contribution is 7.89. The van der Waals surface area contributed by atoms with Crippen molar-refractivity contribution in [2.24, 2.45) is 11.8 Å². The average Bonchev–Trinajstić information content (AvgIpc) is 2.60. The van der Waals surface area contributed by atoms with Crippen LogP contribution in [-0.4, -0.2) is 51.5 Å². The van der Waals surface area contributed by atoms with Crippen LogP contribution in [0.4, 0.5) is 0 Å². The van der Waals surface area contributed by atoms with Crippen molar-refractivity contribution in [2.45, 2.75) is 38.5 Å². The predicted octanol–water partition coefficient (Wildman–Crippen LogP) is 2.51. The molecule has 0 aliphatic carbocycles. The molecule has 146 valence electrons. The van der Waals surface area contributed by atoms with Crippen molar-refractivity contribution in [3.05, 3.63) is 29.8 Å². The SMILES string of the molecule is CCOCCCNC(=O)c1ccc(S(=O)(=O)N2CC(C)CC(C)C2)cc1. The second-order valence-corrected chi connectivity index (χ2v) is 9.04. The monoisotopic (exact) mass is 382 g/mol. The number of nitrogens with one attached hydrogen (secondary N) is 1. The van der Waals surface area contributed by atoms with Gasteiger partial charge in [0.1, 0.15) is 0 Å². The fourth-order valence-corrected chi connectivity index (χ4v) is 5.03. The topological polar surface area (TPSA) is 75.7 Å². The molecule has 26 heavy (non-hydrogen) atoms. The van der Waals surface area contributed by atoms with Gasteiger partial charge in [0.2, 0.25) is 10.0 Å². The first-order valence-corrected chi connectivity index (χ1v) is 10.7. The molecule has 1 aliphatic heterocycles. The Morgan fingerprint density at radius 3 is 2.38 bits per heavy atom. The molecule has 1 heterocycles. The standard InChI is InChI=1S/C19H30N2O4S/c1-4-25-11-5-10-20-19(22)17-6-8-18(9-7-17)26(23,24)21-13-15(2)12-16(3)14-21/h6-9,15-16H,4-5,10-14H2,1-3H3,(H,20,22). The third-order valence-corrected chi connectivity index (χ3v) is 6.39. The van der Waals surface area contributed by atoms with Crippen LogP contribution in [0.1, 0.15) is 44.0 Å². The van der Waals surface area contributed by atoms with Crippen LogP contribution in [0.2, 0.25) is 0 Å². The Kier molecular flexibility index (Phi) is 7.61. The maximum atomic E-state index is 12.8. The fourth-order valence-electron chi connectivity index (χ4n) is 3.35. The molecule has 0 spiro atoms. The van der Waals surface area contributed by atoms with Crippen LogP contribution < -0.4 is 5.32 Å². The Bertz CT molecular complexity index is 678. The number of benzene rings is 1. The molecular formula is C19H30N2O4S. The normalized spacial score (nSPS) is 21.5. The van der Waals surface area contributed by atoms with Crippen LogP contribution in [-0.2, 0) is 14.8 Å². The summed E-state index contributed by atoms with van der Waals surface area (Å²) in [6.45, 7) is 9.00. The molecule has 1 saturated heterocycles. The van der Waals surface area contributed by atoms with E-state index in [1.807, 2.05) is 6.92 Å². The Morgan fingerprint density at radius 1 is 1.19 bits per heavy atom. The average molecular weight is 383 g/mol. The van der Waals surface area contributed by atoms with Gasteiger partial charge in [-0.05, 0) is 55.9 Å². The number of piperidine rings is 1. The summed E-state index contributed by atoms with van der Waals surface area (Å²) in [6, 6.07) is 6.19. The van der Waals surface area contributed by atoms with E-state index in [2.05, 4.69) is 19.2 Å². The van der Waals surface area contributed by atoms with Gasteiger partial charge in [-0.3, -0.25) is 4.79 Å². The van der Waals surface area contributed by atoms with E-state index in [-0.39, 0.29) is 10.8 Å². The maximum Gasteiger partial charge on any atom is 0.251 e. The van der Waals surface area contributed by atoms with Gasteiger partial charge < -0.3 is 10.1 Å². The lowest BCUT2D eigenvalue weighted by Gasteiger charge is -2.34. The number of ether oxygens (including phenoxy) is 1. The first kappa shape index (κ1) is 20.9. The van der Waals surface area contributed by atoms with E-state index < -0.39 is 10.0 Å². The van der Waals surface area contributed by atoms with Gasteiger partial charge in [-0.2, -0.15) is 4.31 Å². The van der Waals surface area contributed by atoms with Gasteiger partial charge in [0.05, 0.1) is 4.90 Å². The van der Waals surface area contributed by atoms with Crippen LogP contribution in [0.15, 0.2) is 29.2 Å². The zero-order valence-electron chi connectivity index (χ0n) is 15.9. The molecule has 0 bridgehead atoms. The first-order valence-electron chi connectivity index (χ1n) is 9.30. The molecule has 0 aromatic heterocycles. The van der Waals surface area contributed by atoms with Crippen LogP contribution in [0, 0.1) is 11.8 Å². The molecular weight excluding hydrogens is 352 g/mol. The zero-order valence-corrected chi connectivity index (χ0v) is 16.7. The molecule has 1 N–H and O–H groups in total. The fraction of sp³-hybridized carbons (Fsp3) is 0.632. The molecule has 7 heteroatoms. The lowest BCUT2D eigenvalue weighted by molar-refractivity contribution is 0.0944. The first-order chi connectivity index (χ1) is 12.3. The molecule has 0 radical (unpaired) electrons. The number of nitrogens with zero attached hydrogens (tertiary/aromatic N) is 1. The van der Waals surface area contributed by atoms with E-state index in [4.69, 9.17) is 4.74 Å². The van der Waals surface area contributed by atoms with Gasteiger partial charge >= 0.3 is 0 Å². The molecule has 1 aromatic rings. The van der Waals surface area contributed by atoms with Crippen molar-refractivity contribution < 1.29 is 17.9 Å². The van der Waals surface area contributed by atoms with Crippen molar-refractivity contribution in [2.75, 3.05) is 32.8 Å². The number of sulfonamides is 1. The van der Waals surface area contributed by atoms with Gasteiger partial charge in [0.15, 0.2) is 0 Å². The maximum absolute atomic E-state index is 12.8. The van der Waals surface area contributed by atoms with Crippen LogP contribution in [0.3, 0.4) is 0 Å². The predicted molar refractivity (Wildman–Crippen MR) is 102 cm³/mol. The highest BCUT2D eigenvalue weighted by Gasteiger charge is 2.31. The van der Waals surface area contributed by atoms with Crippen LogP contribution >= 0.6 is 0 Å². The zero-order chi connectivity index (χ0) is 19.2. The number of carbonyl (C=O) groups excluding carboxylic acids is 1. The van der Waals surface area contributed by atoms with E-state index in [1.54, 1.807) is 16.4 Å². The molecule has 2 rings (SSSR count). The van der Waals surface area contributed by atoms with Crippen molar-refractivity contribution in [1.82, 2.24) is 9.62 Å². The number of rotatable bonds is 8. The molecule has 1 aliphatic rings. The third kappa shape index (κ3) is 5.53. The lowest BCUT2D eigenvalue weighted by Crippen LogP contribution is -2.42. The summed E-state index contributed by atoms with van der Waals surface area (Å²) < 4.78 is 32.5. The van der Waals surface area contributed by atoms with Gasteiger partial charge in [0, 0.05) is 38.4 Å². The lowest BCUT2D eigenvalue weighted by atomic mass is 9.94. The number of carbonyl (C=O) groups is 1. The van der Waals surface area contributed by atoms with Crippen molar-refractivity contribution >= 4 is 15.9 Å². The summed E-state index contributed by atoms with van der Waals surface area (Å²) in [6.07, 6.45) is 1.80. The van der Waals surface area contributed by atoms with E-state index in [9.17, 15) is 13.2 Å². The Morgan fingerprint density at radius 2 is 1.81 bits per heavy atom. The number of amides is 1. The van der Waals surface area contributed by atoms with Gasteiger partial charge in [-0.1, -0.05) is 13.8 Å². The summed E-state index contributed by atoms with van der Waals surface area (Å²) in [4.78, 5) is 12.4. The summed E-state index contributed by atoms with van der Waals surface area (Å²) in [5.41, 5.74) is 0.459. The largest absolute Gasteiger partial charge is 0.382 e. The van der Waals surface area contributed by atoms with Crippen molar-refractivity contribution in [3.63, 3.8) is 0 Å². The quantitative estimate of drug-likeness (QED) is 0.701. The number of hydrogen-bond acceptors (Lipinski definition) is 4. The molecule has 1 fully saturated rings. The van der Waals surface area contributed by atoms with Crippen LogP contribution in [0.25, 0.3) is 0 Å². The molecule has 6 nitrogen and oxygen atoms in total. The summed E-state index contributed by atoms with van der Waals surface area (Å²) >= 11 is 0. The van der Waals surface area contributed by atoms with Crippen molar-refractivity contribution in [1.29, 1.82) is 0 Å². The van der Waals surface area contributed by atoms with Gasteiger partial charge in [-0.15, -0.1) is 0 Å². The molecule has 0 saturated carbocycles. The van der Waals surface area contributed by atoms with E-state index in [0.717, 1.165) is 12.8 Å². The summed E-state index contributed by atoms with van der Waals surface area (Å²) in [7, 11) is -3.51. The highest BCUT2D eigenvalue weighted by Crippen LogP contribution is 2.26. The Labute approximate surface area is 157 Å². The summed E-state index contributed by atoms with van der Waals surface area (Å²) in [5, 5.41) is 2.81.